The molecule has 0 spiro atoms. The Morgan fingerprint density at radius 3 is 1.51 bits per heavy atom. The molecule has 0 fully saturated rings. The molecule has 0 bridgehead atoms. The summed E-state index contributed by atoms with van der Waals surface area (Å²) in [6.07, 6.45) is 1.17. The van der Waals surface area contributed by atoms with Crippen molar-refractivity contribution < 1.29 is 63.6 Å². The lowest BCUT2D eigenvalue weighted by molar-refractivity contribution is -0.142. The number of amides is 8. The quantitative estimate of drug-likeness (QED) is 0.0121. The van der Waals surface area contributed by atoms with Crippen molar-refractivity contribution in [1.29, 1.82) is 0 Å². The normalized spacial score (nSPS) is 13.9. The lowest BCUT2D eigenvalue weighted by Crippen LogP contribution is -2.61. The first-order chi connectivity index (χ1) is 38.6. The van der Waals surface area contributed by atoms with E-state index >= 15 is 0 Å². The number of aliphatic hydroxyl groups is 2. The maximum atomic E-state index is 14.6. The zero-order valence-electron chi connectivity index (χ0n) is 44.4. The Morgan fingerprint density at radius 1 is 0.531 bits per heavy atom. The number of carboxylic acid groups (broad SMARTS) is 1. The van der Waals surface area contributed by atoms with Crippen molar-refractivity contribution in [3.63, 3.8) is 0 Å². The number of aromatic amines is 1. The number of carboxylic acids is 1. The van der Waals surface area contributed by atoms with Gasteiger partial charge >= 0.3 is 5.97 Å². The highest BCUT2D eigenvalue weighted by molar-refractivity contribution is 5.98. The first-order valence-corrected chi connectivity index (χ1v) is 25.7. The molecule has 29 nitrogen and oxygen atoms in total. The minimum Gasteiger partial charge on any atom is -0.508 e. The third-order valence-electron chi connectivity index (χ3n) is 12.3. The molecule has 81 heavy (non-hydrogen) atoms. The number of phenolic OH excluding ortho intramolecular Hbond substituents is 1. The fraction of sp³-hybridized carbons (Fsp3) is 0.404. The highest BCUT2D eigenvalue weighted by atomic mass is 16.4. The van der Waals surface area contributed by atoms with E-state index in [1.54, 1.807) is 60.8 Å². The number of aromatic nitrogens is 1. The summed E-state index contributed by atoms with van der Waals surface area (Å²) in [6, 6.07) is 9.23. The van der Waals surface area contributed by atoms with Gasteiger partial charge in [0.2, 0.25) is 47.3 Å². The average molecular weight is 1130 g/mol. The van der Waals surface area contributed by atoms with Crippen molar-refractivity contribution in [3.05, 3.63) is 102 Å². The van der Waals surface area contributed by atoms with Crippen LogP contribution in [0.15, 0.2) is 95.0 Å². The van der Waals surface area contributed by atoms with Gasteiger partial charge in [0.05, 0.1) is 25.8 Å². The number of aliphatic imine (C=N–C) groups is 2. The van der Waals surface area contributed by atoms with Crippen LogP contribution in [-0.2, 0) is 62.4 Å². The number of fused-ring (bicyclic) bond motifs is 1. The molecule has 0 radical (unpaired) electrons. The molecule has 23 N–H and O–H groups in total. The minimum absolute atomic E-state index is 0.00152. The number of nitrogens with one attached hydrogen (secondary N) is 9. The summed E-state index contributed by atoms with van der Waals surface area (Å²) < 4.78 is 0. The Balaban J connectivity index is 1.57. The molecule has 0 aliphatic carbocycles. The van der Waals surface area contributed by atoms with Gasteiger partial charge in [-0.3, -0.25) is 48.3 Å². The maximum Gasteiger partial charge on any atom is 0.326 e. The van der Waals surface area contributed by atoms with Gasteiger partial charge < -0.3 is 96.6 Å². The molecule has 8 amide bonds. The van der Waals surface area contributed by atoms with Crippen LogP contribution in [0.5, 0.6) is 5.75 Å². The van der Waals surface area contributed by atoms with E-state index in [0.717, 1.165) is 0 Å². The van der Waals surface area contributed by atoms with Crippen LogP contribution in [0, 0.1) is 0 Å². The van der Waals surface area contributed by atoms with Crippen molar-refractivity contribution >= 4 is 76.0 Å². The zero-order chi connectivity index (χ0) is 59.6. The van der Waals surface area contributed by atoms with E-state index in [9.17, 15) is 63.6 Å². The molecule has 4 rings (SSSR count). The van der Waals surface area contributed by atoms with Gasteiger partial charge in [0.25, 0.3) is 0 Å². The molecule has 29 heteroatoms. The number of aromatic hydroxyl groups is 1. The molecule has 0 aliphatic rings. The van der Waals surface area contributed by atoms with E-state index in [2.05, 4.69) is 57.5 Å². The Morgan fingerprint density at radius 2 is 0.975 bits per heavy atom. The van der Waals surface area contributed by atoms with E-state index in [-0.39, 0.29) is 75.7 Å². The third kappa shape index (κ3) is 21.8. The molecular weight excluding hydrogens is 1060 g/mol. The van der Waals surface area contributed by atoms with Gasteiger partial charge in [0.1, 0.15) is 48.0 Å². The van der Waals surface area contributed by atoms with Gasteiger partial charge in [-0.1, -0.05) is 60.7 Å². The van der Waals surface area contributed by atoms with Crippen molar-refractivity contribution in [2.75, 3.05) is 32.8 Å². The molecule has 1 heterocycles. The molecule has 4 aromatic rings. The summed E-state index contributed by atoms with van der Waals surface area (Å²) >= 11 is 0. The zero-order valence-corrected chi connectivity index (χ0v) is 44.4. The number of carbonyl (C=O) groups is 9. The number of rotatable bonds is 33. The number of hydrogen-bond donors (Lipinski definition) is 18. The Kier molecular flexibility index (Phi) is 25.8. The van der Waals surface area contributed by atoms with Crippen molar-refractivity contribution in [1.82, 2.24) is 47.5 Å². The Bertz CT molecular complexity index is 2840. The van der Waals surface area contributed by atoms with E-state index in [1.807, 2.05) is 0 Å². The van der Waals surface area contributed by atoms with Crippen LogP contribution < -0.4 is 71.2 Å². The fourth-order valence-electron chi connectivity index (χ4n) is 7.99. The summed E-state index contributed by atoms with van der Waals surface area (Å²) in [5.74, 6) is -9.39. The van der Waals surface area contributed by atoms with E-state index < -0.39 is 121 Å². The molecule has 0 saturated heterocycles. The van der Waals surface area contributed by atoms with Gasteiger partial charge in [0.15, 0.2) is 11.9 Å². The molecule has 1 aromatic heterocycles. The van der Waals surface area contributed by atoms with Crippen LogP contribution in [0.1, 0.15) is 49.3 Å². The lowest BCUT2D eigenvalue weighted by Gasteiger charge is -2.27. The lowest BCUT2D eigenvalue weighted by atomic mass is 10.0. The van der Waals surface area contributed by atoms with Crippen LogP contribution >= 0.6 is 0 Å². The molecule has 8 atom stereocenters. The third-order valence-corrected chi connectivity index (χ3v) is 12.3. The maximum absolute atomic E-state index is 14.6. The number of carbonyl (C=O) groups excluding carboxylic acids is 8. The number of para-hydroxylation sites is 1. The van der Waals surface area contributed by atoms with Gasteiger partial charge in [-0.15, -0.1) is 0 Å². The summed E-state index contributed by atoms with van der Waals surface area (Å²) in [4.78, 5) is 132. The number of H-pyrrole nitrogens is 1. The van der Waals surface area contributed by atoms with Gasteiger partial charge in [-0.2, -0.15) is 0 Å². The van der Waals surface area contributed by atoms with E-state index in [4.69, 9.17) is 28.7 Å². The minimum atomic E-state index is -1.78. The molecule has 0 unspecified atom stereocenters. The standard InChI is InChI=1S/C52H72N16O13/c1-28(53)43(73)63-35(13-7-19-58-51(54)55)44(74)61-25-42(72)62-36(14-8-20-59-52(56)57)45(75)67-40(26-69)48(78)65-38(23-31-24-60-34-12-6-5-11-33(31)34)47(77)64-37(21-29-9-3-2-4-10-29)46(76)68-41(27-70)49(79)66-39(50(80)81)22-30-15-17-32(71)18-16-30/h2-6,9-12,15-18,24,28,35-41,60,69-71H,7-8,13-14,19-23,25-27,53H2,1H3,(H,61,74)(H,62,72)(H,63,73)(H,64,77)(H,65,78)(H,66,79)(H,67,75)(H,68,76)(H,80,81)(H4,54,55,58)(H4,56,57,59)/t28-,35-,36-,37-,38-,39-,40-,41-/m0/s1. The van der Waals surface area contributed by atoms with Crippen LogP contribution in [0.2, 0.25) is 0 Å². The average Bonchev–Trinajstić information content (AvgIpc) is 3.84. The highest BCUT2D eigenvalue weighted by Gasteiger charge is 2.34. The van der Waals surface area contributed by atoms with Gasteiger partial charge in [0, 0.05) is 49.5 Å². The second kappa shape index (κ2) is 32.5. The monoisotopic (exact) mass is 1130 g/mol. The predicted octanol–water partition coefficient (Wildman–Crippen LogP) is -5.07. The first kappa shape index (κ1) is 64.2. The van der Waals surface area contributed by atoms with E-state index in [0.29, 0.717) is 27.6 Å². The summed E-state index contributed by atoms with van der Waals surface area (Å²) in [5, 5.41) is 60.7. The predicted molar refractivity (Wildman–Crippen MR) is 296 cm³/mol. The number of phenols is 1. The van der Waals surface area contributed by atoms with Gasteiger partial charge in [-0.25, -0.2) is 4.79 Å². The second-order valence-corrected chi connectivity index (χ2v) is 18.7. The Labute approximate surface area is 465 Å². The first-order valence-electron chi connectivity index (χ1n) is 25.7. The van der Waals surface area contributed by atoms with Crippen molar-refractivity contribution in [2.45, 2.75) is 100 Å². The summed E-state index contributed by atoms with van der Waals surface area (Å²) in [5.41, 5.74) is 29.5. The number of benzene rings is 3. The van der Waals surface area contributed by atoms with Gasteiger partial charge in [-0.05, 0) is 67.5 Å². The van der Waals surface area contributed by atoms with Crippen molar-refractivity contribution in [2.24, 2.45) is 38.7 Å². The number of aliphatic hydroxyl groups excluding tert-OH is 2. The van der Waals surface area contributed by atoms with Crippen LogP contribution in [-0.4, -0.2) is 172 Å². The summed E-state index contributed by atoms with van der Waals surface area (Å²) in [7, 11) is 0. The highest BCUT2D eigenvalue weighted by Crippen LogP contribution is 2.20. The summed E-state index contributed by atoms with van der Waals surface area (Å²) in [6.45, 7) is -1.21. The topological polar surface area (TPSA) is 501 Å². The van der Waals surface area contributed by atoms with Crippen LogP contribution in [0.3, 0.4) is 0 Å². The van der Waals surface area contributed by atoms with Crippen molar-refractivity contribution in [3.8, 4) is 5.75 Å². The molecule has 0 aliphatic heterocycles. The number of aliphatic carboxylic acids is 1. The fourth-order valence-corrected chi connectivity index (χ4v) is 7.99. The SMILES string of the molecule is C[C@H](N)C(=O)N[C@@H](CCCN=C(N)N)C(=O)NCC(=O)N[C@@H](CCCN=C(N)N)C(=O)N[C@@H](CO)C(=O)N[C@@H](Cc1c[nH]c2ccccc12)C(=O)N[C@@H](Cc1ccccc1)C(=O)N[C@@H](CO)C(=O)N[C@@H](Cc1ccc(O)cc1)C(=O)O. The molecule has 438 valence electrons. The smallest absolute Gasteiger partial charge is 0.326 e. The second-order valence-electron chi connectivity index (χ2n) is 18.7. The van der Waals surface area contributed by atoms with E-state index in [1.165, 1.54) is 31.2 Å². The largest absolute Gasteiger partial charge is 0.508 e. The Hall–Kier alpha value is -9.35. The number of hydrogen-bond acceptors (Lipinski definition) is 15. The van der Waals surface area contributed by atoms with Crippen LogP contribution in [0.25, 0.3) is 10.9 Å². The number of nitrogens with two attached hydrogens (primary N) is 5. The number of guanidine groups is 2. The molecule has 0 saturated carbocycles. The van der Waals surface area contributed by atoms with Crippen LogP contribution in [0.4, 0.5) is 0 Å². The number of nitrogens with zero attached hydrogens (tertiary/aromatic N) is 2. The molecule has 3 aromatic carbocycles. The molecular formula is C52H72N16O13.